The first-order chi connectivity index (χ1) is 9.88. The monoisotopic (exact) mass is 312 g/mol. The lowest BCUT2D eigenvalue weighted by molar-refractivity contribution is -0.145. The number of halogens is 2. The van der Waals surface area contributed by atoms with Gasteiger partial charge in [0, 0.05) is 5.02 Å². The van der Waals surface area contributed by atoms with Crippen molar-refractivity contribution in [1.82, 2.24) is 0 Å². The van der Waals surface area contributed by atoms with Crippen LogP contribution in [0.2, 0.25) is 5.02 Å². The molecule has 0 amide bonds. The van der Waals surface area contributed by atoms with E-state index in [1.165, 1.54) is 6.07 Å². The van der Waals surface area contributed by atoms with Crippen LogP contribution in [0.15, 0.2) is 18.2 Å². The largest absolute Gasteiger partial charge is 0.481 e. The highest BCUT2D eigenvalue weighted by molar-refractivity contribution is 6.30. The first-order valence-electron chi connectivity index (χ1n) is 7.55. The molecule has 4 heteroatoms. The minimum absolute atomic E-state index is 0.000625. The summed E-state index contributed by atoms with van der Waals surface area (Å²) in [6, 6.07) is 4.64. The molecule has 116 valence electrons. The lowest BCUT2D eigenvalue weighted by Crippen LogP contribution is -2.33. The molecule has 1 aliphatic carbocycles. The second kappa shape index (κ2) is 6.78. The van der Waals surface area contributed by atoms with Gasteiger partial charge >= 0.3 is 5.97 Å². The molecule has 2 rings (SSSR count). The van der Waals surface area contributed by atoms with Crippen LogP contribution in [0, 0.1) is 29.5 Å². The van der Waals surface area contributed by atoms with E-state index >= 15 is 0 Å². The molecule has 0 saturated heterocycles. The van der Waals surface area contributed by atoms with Crippen molar-refractivity contribution in [2.45, 2.75) is 39.5 Å². The normalized spacial score (nSPS) is 26.0. The van der Waals surface area contributed by atoms with Crippen molar-refractivity contribution in [3.63, 3.8) is 0 Å². The minimum atomic E-state index is -0.753. The van der Waals surface area contributed by atoms with Crippen LogP contribution in [0.3, 0.4) is 0 Å². The number of aliphatic carboxylic acids is 1. The maximum Gasteiger partial charge on any atom is 0.306 e. The Balaban J connectivity index is 2.17. The summed E-state index contributed by atoms with van der Waals surface area (Å²) in [5, 5.41) is 9.78. The van der Waals surface area contributed by atoms with Gasteiger partial charge in [-0.3, -0.25) is 4.79 Å². The average Bonchev–Trinajstić information content (AvgIpc) is 2.41. The van der Waals surface area contributed by atoms with Crippen molar-refractivity contribution in [3.8, 4) is 0 Å². The first kappa shape index (κ1) is 16.3. The Hall–Kier alpha value is -1.09. The third-order valence-electron chi connectivity index (χ3n) is 4.78. The molecule has 1 N–H and O–H groups in total. The quantitative estimate of drug-likeness (QED) is 0.867. The predicted molar refractivity (Wildman–Crippen MR) is 81.9 cm³/mol. The van der Waals surface area contributed by atoms with E-state index in [1.807, 2.05) is 0 Å². The molecule has 0 aromatic heterocycles. The molecule has 3 unspecified atom stereocenters. The van der Waals surface area contributed by atoms with Crippen molar-refractivity contribution in [1.29, 1.82) is 0 Å². The topological polar surface area (TPSA) is 37.3 Å². The van der Waals surface area contributed by atoms with Crippen LogP contribution in [0.25, 0.3) is 0 Å². The molecule has 2 nitrogen and oxygen atoms in total. The molecule has 21 heavy (non-hydrogen) atoms. The van der Waals surface area contributed by atoms with Gasteiger partial charge in [-0.25, -0.2) is 4.39 Å². The first-order valence-corrected chi connectivity index (χ1v) is 7.93. The van der Waals surface area contributed by atoms with E-state index in [2.05, 4.69) is 13.8 Å². The van der Waals surface area contributed by atoms with Crippen molar-refractivity contribution in [2.24, 2.45) is 23.7 Å². The Kier molecular flexibility index (Phi) is 5.26. The van der Waals surface area contributed by atoms with Gasteiger partial charge in [-0.2, -0.15) is 0 Å². The summed E-state index contributed by atoms with van der Waals surface area (Å²) >= 11 is 5.77. The summed E-state index contributed by atoms with van der Waals surface area (Å²) in [6.45, 7) is 4.34. The molecular formula is C17H22ClFO2. The predicted octanol–water partition coefficient (Wildman–Crippen LogP) is 4.79. The summed E-state index contributed by atoms with van der Waals surface area (Å²) in [5.41, 5.74) is 0.569. The van der Waals surface area contributed by atoms with E-state index < -0.39 is 5.97 Å². The molecule has 1 aliphatic rings. The molecular weight excluding hydrogens is 291 g/mol. The van der Waals surface area contributed by atoms with Gasteiger partial charge in [-0.05, 0) is 61.1 Å². The maximum absolute atomic E-state index is 14.0. The van der Waals surface area contributed by atoms with E-state index in [1.54, 1.807) is 12.1 Å². The molecule has 3 atom stereocenters. The lowest BCUT2D eigenvalue weighted by Gasteiger charge is -2.36. The van der Waals surface area contributed by atoms with Crippen molar-refractivity contribution in [2.75, 3.05) is 0 Å². The Bertz CT molecular complexity index is 516. The highest BCUT2D eigenvalue weighted by atomic mass is 35.5. The third-order valence-corrected chi connectivity index (χ3v) is 5.02. The second-order valence-corrected chi connectivity index (χ2v) is 6.90. The van der Waals surface area contributed by atoms with Crippen LogP contribution in [-0.4, -0.2) is 11.1 Å². The van der Waals surface area contributed by atoms with Crippen LogP contribution in [0.1, 0.15) is 38.7 Å². The fourth-order valence-corrected chi connectivity index (χ4v) is 3.59. The van der Waals surface area contributed by atoms with Crippen LogP contribution in [-0.2, 0) is 11.2 Å². The summed E-state index contributed by atoms with van der Waals surface area (Å²) in [6.07, 6.45) is 2.98. The van der Waals surface area contributed by atoms with E-state index in [-0.39, 0.29) is 17.7 Å². The number of hydrogen-bond acceptors (Lipinski definition) is 1. The highest BCUT2D eigenvalue weighted by Gasteiger charge is 2.36. The van der Waals surface area contributed by atoms with Gasteiger partial charge in [0.15, 0.2) is 0 Å². The van der Waals surface area contributed by atoms with Crippen LogP contribution in [0.4, 0.5) is 4.39 Å². The van der Waals surface area contributed by atoms with Gasteiger partial charge in [0.2, 0.25) is 0 Å². The molecule has 1 aromatic carbocycles. The molecule has 1 saturated carbocycles. The molecule has 1 fully saturated rings. The summed E-state index contributed by atoms with van der Waals surface area (Å²) < 4.78 is 14.0. The van der Waals surface area contributed by atoms with E-state index in [0.717, 1.165) is 12.8 Å². The maximum atomic E-state index is 14.0. The van der Waals surface area contributed by atoms with E-state index in [4.69, 9.17) is 11.6 Å². The molecule has 0 radical (unpaired) electrons. The zero-order valence-electron chi connectivity index (χ0n) is 12.5. The fraction of sp³-hybridized carbons (Fsp3) is 0.588. The molecule has 1 aromatic rings. The number of hydrogen-bond donors (Lipinski definition) is 1. The highest BCUT2D eigenvalue weighted by Crippen LogP contribution is 2.39. The van der Waals surface area contributed by atoms with Gasteiger partial charge in [-0.15, -0.1) is 0 Å². The fourth-order valence-electron chi connectivity index (χ4n) is 3.43. The van der Waals surface area contributed by atoms with E-state index in [0.29, 0.717) is 35.3 Å². The summed E-state index contributed by atoms with van der Waals surface area (Å²) in [4.78, 5) is 11.5. The van der Waals surface area contributed by atoms with E-state index in [9.17, 15) is 14.3 Å². The lowest BCUT2D eigenvalue weighted by atomic mass is 9.69. The van der Waals surface area contributed by atoms with Gasteiger partial charge in [-0.1, -0.05) is 31.5 Å². The Morgan fingerprint density at radius 1 is 1.43 bits per heavy atom. The number of carboxylic acids is 1. The number of benzene rings is 1. The number of carbonyl (C=O) groups is 1. The standard InChI is InChI=1S/C17H22ClFO2/c1-10(2)11-4-6-15(17(20)21)13(7-11)8-12-3-5-14(18)9-16(12)19/h3,5,9-11,13,15H,4,6-8H2,1-2H3,(H,20,21). The number of carboxylic acid groups (broad SMARTS) is 1. The second-order valence-electron chi connectivity index (χ2n) is 6.46. The van der Waals surface area contributed by atoms with Crippen LogP contribution < -0.4 is 0 Å². The molecule has 0 bridgehead atoms. The van der Waals surface area contributed by atoms with Crippen molar-refractivity contribution < 1.29 is 14.3 Å². The zero-order valence-corrected chi connectivity index (χ0v) is 13.2. The van der Waals surface area contributed by atoms with Crippen LogP contribution in [0.5, 0.6) is 0 Å². The average molecular weight is 313 g/mol. The SMILES string of the molecule is CC(C)C1CCC(C(=O)O)C(Cc2ccc(Cl)cc2F)C1. The van der Waals surface area contributed by atoms with Gasteiger partial charge in [0.1, 0.15) is 5.82 Å². The van der Waals surface area contributed by atoms with Gasteiger partial charge in [0.25, 0.3) is 0 Å². The zero-order chi connectivity index (χ0) is 15.6. The Morgan fingerprint density at radius 3 is 2.71 bits per heavy atom. The minimum Gasteiger partial charge on any atom is -0.481 e. The Labute approximate surface area is 130 Å². The van der Waals surface area contributed by atoms with Crippen molar-refractivity contribution >= 4 is 17.6 Å². The molecule has 0 spiro atoms. The van der Waals surface area contributed by atoms with Crippen molar-refractivity contribution in [3.05, 3.63) is 34.6 Å². The molecule has 0 heterocycles. The molecule has 0 aliphatic heterocycles. The van der Waals surface area contributed by atoms with Gasteiger partial charge < -0.3 is 5.11 Å². The Morgan fingerprint density at radius 2 is 2.14 bits per heavy atom. The van der Waals surface area contributed by atoms with Gasteiger partial charge in [0.05, 0.1) is 5.92 Å². The summed E-state index contributed by atoms with van der Waals surface area (Å²) in [7, 11) is 0. The number of rotatable bonds is 4. The summed E-state index contributed by atoms with van der Waals surface area (Å²) in [5.74, 6) is -0.387. The third kappa shape index (κ3) is 3.97. The smallest absolute Gasteiger partial charge is 0.306 e. The van der Waals surface area contributed by atoms with Crippen LogP contribution >= 0.6 is 11.6 Å².